The molecule has 0 saturated heterocycles. The average Bonchev–Trinajstić information content (AvgIpc) is 3.52. The Morgan fingerprint density at radius 2 is 1.76 bits per heavy atom. The molecule has 1 amide bonds. The molecular weight excluding hydrogens is 605 g/mol. The van der Waals surface area contributed by atoms with Gasteiger partial charge in [-0.1, -0.05) is 24.3 Å². The predicted octanol–water partition coefficient (Wildman–Crippen LogP) is 6.54. The molecule has 1 aliphatic carbocycles. The Morgan fingerprint density at radius 3 is 2.45 bits per heavy atom. The normalized spacial score (nSPS) is 20.0. The van der Waals surface area contributed by atoms with E-state index in [1.54, 1.807) is 36.4 Å². The minimum absolute atomic E-state index is 0.109. The molecule has 38 heavy (non-hydrogen) atoms. The second-order valence-electron chi connectivity index (χ2n) is 9.02. The maximum absolute atomic E-state index is 13.7. The van der Waals surface area contributed by atoms with Crippen molar-refractivity contribution in [2.75, 3.05) is 6.61 Å². The molecule has 0 radical (unpaired) electrons. The lowest BCUT2D eigenvalue weighted by Gasteiger charge is -2.29. The van der Waals surface area contributed by atoms with Gasteiger partial charge in [0.2, 0.25) is 0 Å². The van der Waals surface area contributed by atoms with Gasteiger partial charge in [0.05, 0.1) is 11.8 Å². The third-order valence-electron chi connectivity index (χ3n) is 6.50. The van der Waals surface area contributed by atoms with Crippen LogP contribution in [0.1, 0.15) is 42.2 Å². The summed E-state index contributed by atoms with van der Waals surface area (Å²) in [7, 11) is 0. The van der Waals surface area contributed by atoms with E-state index in [-0.39, 0.29) is 17.6 Å². The van der Waals surface area contributed by atoms with Gasteiger partial charge in [-0.15, -0.1) is 0 Å². The Balaban J connectivity index is 1.38. The number of halogens is 3. The summed E-state index contributed by atoms with van der Waals surface area (Å²) in [5.74, 6) is -1.49. The summed E-state index contributed by atoms with van der Waals surface area (Å²) in [6.45, 7) is -0.503. The number of rotatable bonds is 6. The monoisotopic (exact) mass is 628 g/mol. The van der Waals surface area contributed by atoms with Gasteiger partial charge in [0.1, 0.15) is 17.4 Å². The lowest BCUT2D eigenvalue weighted by molar-refractivity contribution is -0.149. The van der Waals surface area contributed by atoms with Crippen molar-refractivity contribution in [1.82, 2.24) is 5.01 Å². The van der Waals surface area contributed by atoms with Gasteiger partial charge < -0.3 is 9.15 Å². The molecule has 0 N–H and O–H groups in total. The quantitative estimate of drug-likeness (QED) is 0.177. The highest BCUT2D eigenvalue weighted by molar-refractivity contribution is 14.1. The van der Waals surface area contributed by atoms with E-state index in [0.717, 1.165) is 41.7 Å². The average molecular weight is 628 g/mol. The van der Waals surface area contributed by atoms with E-state index >= 15 is 0 Å². The lowest BCUT2D eigenvalue weighted by Crippen LogP contribution is -2.34. The topological polar surface area (TPSA) is 72.1 Å². The summed E-state index contributed by atoms with van der Waals surface area (Å²) < 4.78 is 38.3. The van der Waals surface area contributed by atoms with E-state index in [2.05, 4.69) is 0 Å². The molecule has 0 bridgehead atoms. The van der Waals surface area contributed by atoms with Gasteiger partial charge in [0, 0.05) is 12.0 Å². The van der Waals surface area contributed by atoms with Crippen LogP contribution in [0.15, 0.2) is 81.8 Å². The molecule has 6 nitrogen and oxygen atoms in total. The molecule has 194 valence electrons. The van der Waals surface area contributed by atoms with Gasteiger partial charge in [-0.05, 0) is 107 Å². The molecule has 1 fully saturated rings. The van der Waals surface area contributed by atoms with Gasteiger partial charge >= 0.3 is 5.97 Å². The third kappa shape index (κ3) is 5.93. The highest BCUT2D eigenvalue weighted by Gasteiger charge is 2.43. The molecule has 5 rings (SSSR count). The van der Waals surface area contributed by atoms with Crippen molar-refractivity contribution in [2.45, 2.75) is 25.3 Å². The van der Waals surface area contributed by atoms with Gasteiger partial charge in [0.15, 0.2) is 10.4 Å². The molecule has 3 aromatic rings. The smallest absolute Gasteiger partial charge is 0.331 e. The van der Waals surface area contributed by atoms with Crippen molar-refractivity contribution in [2.24, 2.45) is 11.0 Å². The van der Waals surface area contributed by atoms with Crippen LogP contribution in [0, 0.1) is 21.3 Å². The molecule has 2 aromatic carbocycles. The second-order valence-corrected chi connectivity index (χ2v) is 10.1. The van der Waals surface area contributed by atoms with E-state index in [1.807, 2.05) is 28.7 Å². The number of carbonyl (C=O) groups excluding carboxylic acids is 2. The molecule has 2 unspecified atom stereocenters. The highest BCUT2D eigenvalue weighted by Crippen LogP contribution is 2.44. The number of fused-ring (bicyclic) bond motifs is 1. The van der Waals surface area contributed by atoms with Gasteiger partial charge in [-0.3, -0.25) is 4.79 Å². The molecule has 2 atom stereocenters. The number of benzene rings is 2. The van der Waals surface area contributed by atoms with Crippen molar-refractivity contribution in [3.8, 4) is 0 Å². The number of nitrogens with zero attached hydrogens (tertiary/aromatic N) is 2. The maximum Gasteiger partial charge on any atom is 0.331 e. The maximum atomic E-state index is 13.7. The third-order valence-corrected chi connectivity index (χ3v) is 7.07. The van der Waals surface area contributed by atoms with Gasteiger partial charge in [-0.2, -0.15) is 5.10 Å². The van der Waals surface area contributed by atoms with Crippen molar-refractivity contribution in [3.63, 3.8) is 0 Å². The molecule has 1 aliphatic heterocycles. The highest BCUT2D eigenvalue weighted by atomic mass is 127. The molecule has 2 aliphatic rings. The fourth-order valence-corrected chi connectivity index (χ4v) is 5.21. The number of ether oxygens (including phenoxy) is 1. The Kier molecular flexibility index (Phi) is 7.82. The van der Waals surface area contributed by atoms with Crippen LogP contribution in [0.4, 0.5) is 8.78 Å². The zero-order valence-electron chi connectivity index (χ0n) is 20.1. The first-order valence-electron chi connectivity index (χ1n) is 12.1. The van der Waals surface area contributed by atoms with Gasteiger partial charge in [0.25, 0.3) is 5.91 Å². The summed E-state index contributed by atoms with van der Waals surface area (Å²) in [6, 6.07) is 15.2. The standard InChI is InChI=1S/C29H23F2IN2O4/c30-21-8-4-18(5-9-21)16-20-2-1-3-24-28(20)33-34(29(24)19-6-10-22(31)11-7-19)26(35)17-37-27(36)15-13-23-12-14-25(32)38-23/h4-16,24,29H,1-3,17H2. The van der Waals surface area contributed by atoms with Crippen molar-refractivity contribution < 1.29 is 27.5 Å². The number of esters is 1. The Labute approximate surface area is 231 Å². The minimum atomic E-state index is -0.691. The van der Waals surface area contributed by atoms with Crippen LogP contribution in [-0.4, -0.2) is 29.2 Å². The zero-order chi connectivity index (χ0) is 26.6. The largest absolute Gasteiger partial charge is 0.452 e. The van der Waals surface area contributed by atoms with Crippen LogP contribution >= 0.6 is 22.6 Å². The first-order valence-corrected chi connectivity index (χ1v) is 13.2. The molecule has 1 aromatic heterocycles. The Morgan fingerprint density at radius 1 is 1.05 bits per heavy atom. The summed E-state index contributed by atoms with van der Waals surface area (Å²) in [4.78, 5) is 25.5. The van der Waals surface area contributed by atoms with Crippen molar-refractivity contribution in [1.29, 1.82) is 0 Å². The van der Waals surface area contributed by atoms with Crippen molar-refractivity contribution in [3.05, 3.63) is 105 Å². The molecule has 0 spiro atoms. The number of carbonyl (C=O) groups is 2. The molecule has 9 heteroatoms. The van der Waals surface area contributed by atoms with Crippen LogP contribution < -0.4 is 0 Å². The first-order chi connectivity index (χ1) is 18.4. The number of hydrazone groups is 1. The number of furan rings is 1. The van der Waals surface area contributed by atoms with E-state index in [4.69, 9.17) is 14.3 Å². The van der Waals surface area contributed by atoms with Crippen LogP contribution in [0.3, 0.4) is 0 Å². The van der Waals surface area contributed by atoms with Crippen LogP contribution in [0.25, 0.3) is 12.2 Å². The van der Waals surface area contributed by atoms with E-state index in [0.29, 0.717) is 9.53 Å². The number of allylic oxidation sites excluding steroid dienone is 1. The lowest BCUT2D eigenvalue weighted by atomic mass is 9.77. The summed E-state index contributed by atoms with van der Waals surface area (Å²) in [5.41, 5.74) is 3.30. The summed E-state index contributed by atoms with van der Waals surface area (Å²) >= 11 is 2.02. The van der Waals surface area contributed by atoms with Crippen LogP contribution in [0.5, 0.6) is 0 Å². The number of hydrogen-bond acceptors (Lipinski definition) is 5. The van der Waals surface area contributed by atoms with Gasteiger partial charge in [-0.25, -0.2) is 18.6 Å². The summed E-state index contributed by atoms with van der Waals surface area (Å²) in [5, 5.41) is 6.05. The fraction of sp³-hybridized carbons (Fsp3) is 0.207. The number of amides is 1. The molecule has 2 heterocycles. The summed E-state index contributed by atoms with van der Waals surface area (Å²) in [6.07, 6.45) is 7.04. The Bertz CT molecular complexity index is 1430. The van der Waals surface area contributed by atoms with E-state index < -0.39 is 24.5 Å². The fourth-order valence-electron chi connectivity index (χ4n) is 4.78. The van der Waals surface area contributed by atoms with E-state index in [9.17, 15) is 18.4 Å². The van der Waals surface area contributed by atoms with Crippen LogP contribution in [-0.2, 0) is 14.3 Å². The van der Waals surface area contributed by atoms with Crippen LogP contribution in [0.2, 0.25) is 0 Å². The molecule has 1 saturated carbocycles. The minimum Gasteiger partial charge on any atom is -0.452 e. The second kappa shape index (κ2) is 11.4. The SMILES string of the molecule is O=C(C=Cc1ccc(I)o1)OCC(=O)N1N=C2C(=Cc3ccc(F)cc3)CCCC2C1c1ccc(F)cc1. The van der Waals surface area contributed by atoms with Crippen molar-refractivity contribution >= 4 is 52.3 Å². The predicted molar refractivity (Wildman–Crippen MR) is 147 cm³/mol. The number of hydrogen-bond donors (Lipinski definition) is 0. The van der Waals surface area contributed by atoms with E-state index in [1.165, 1.54) is 41.4 Å². The Hall–Kier alpha value is -3.60. The first kappa shape index (κ1) is 26.0. The zero-order valence-corrected chi connectivity index (χ0v) is 22.3. The molecular formula is C29H23F2IN2O4.